The molecule has 0 fully saturated rings. The average molecular weight is 203 g/mol. The zero-order valence-electron chi connectivity index (χ0n) is 8.78. The van der Waals surface area contributed by atoms with Crippen LogP contribution in [0.15, 0.2) is 24.4 Å². The summed E-state index contributed by atoms with van der Waals surface area (Å²) in [6.45, 7) is 3.93. The molecule has 0 aliphatic carbocycles. The molecule has 0 radical (unpaired) electrons. The van der Waals surface area contributed by atoms with Crippen LogP contribution in [0.1, 0.15) is 24.2 Å². The van der Waals surface area contributed by atoms with Crippen LogP contribution >= 0.6 is 0 Å². The van der Waals surface area contributed by atoms with Crippen LogP contribution in [0, 0.1) is 0 Å². The minimum Gasteiger partial charge on any atom is -0.490 e. The third-order valence-electron chi connectivity index (χ3n) is 2.19. The number of rotatable bonds is 3. The molecule has 0 aliphatic rings. The van der Waals surface area contributed by atoms with Gasteiger partial charge in [-0.3, -0.25) is 4.79 Å². The van der Waals surface area contributed by atoms with Crippen LogP contribution in [0.25, 0.3) is 10.9 Å². The van der Waals surface area contributed by atoms with Gasteiger partial charge in [0, 0.05) is 17.3 Å². The number of carbonyl (C=O) groups excluding carboxylic acids is 1. The van der Waals surface area contributed by atoms with Gasteiger partial charge in [0.2, 0.25) is 0 Å². The summed E-state index contributed by atoms with van der Waals surface area (Å²) in [5.41, 5.74) is 1.57. The lowest BCUT2D eigenvalue weighted by atomic mass is 10.1. The maximum absolute atomic E-state index is 10.8. The summed E-state index contributed by atoms with van der Waals surface area (Å²) in [6, 6.07) is 5.71. The number of nitrogens with one attached hydrogen (secondary N) is 1. The van der Waals surface area contributed by atoms with Gasteiger partial charge in [0.25, 0.3) is 0 Å². The quantitative estimate of drug-likeness (QED) is 0.779. The average Bonchev–Trinajstić information content (AvgIpc) is 2.61. The van der Waals surface area contributed by atoms with Crippen molar-refractivity contribution in [1.82, 2.24) is 4.98 Å². The van der Waals surface area contributed by atoms with Crippen LogP contribution in [0.3, 0.4) is 0 Å². The van der Waals surface area contributed by atoms with E-state index in [0.717, 1.165) is 22.9 Å². The molecule has 0 unspecified atom stereocenters. The summed E-state index contributed by atoms with van der Waals surface area (Å²) in [4.78, 5) is 13.9. The second-order valence-corrected chi connectivity index (χ2v) is 3.71. The standard InChI is InChI=1S/C12H13NO2/c1-8(2)15-11-5-3-4-10-12(11)9(7-14)6-13-10/h3-8,13H,1-2H3. The van der Waals surface area contributed by atoms with E-state index in [9.17, 15) is 4.79 Å². The van der Waals surface area contributed by atoms with Crippen molar-refractivity contribution in [3.63, 3.8) is 0 Å². The van der Waals surface area contributed by atoms with E-state index in [0.29, 0.717) is 5.56 Å². The summed E-state index contributed by atoms with van der Waals surface area (Å²) in [6.07, 6.45) is 2.64. The van der Waals surface area contributed by atoms with E-state index in [1.807, 2.05) is 32.0 Å². The van der Waals surface area contributed by atoms with Crippen molar-refractivity contribution in [3.05, 3.63) is 30.0 Å². The molecule has 1 N–H and O–H groups in total. The highest BCUT2D eigenvalue weighted by Crippen LogP contribution is 2.28. The van der Waals surface area contributed by atoms with Crippen LogP contribution in [0.4, 0.5) is 0 Å². The molecule has 15 heavy (non-hydrogen) atoms. The van der Waals surface area contributed by atoms with E-state index < -0.39 is 0 Å². The number of H-pyrrole nitrogens is 1. The largest absolute Gasteiger partial charge is 0.490 e. The third kappa shape index (κ3) is 1.73. The fraction of sp³-hybridized carbons (Fsp3) is 0.250. The molecule has 78 valence electrons. The smallest absolute Gasteiger partial charge is 0.152 e. The predicted molar refractivity (Wildman–Crippen MR) is 59.5 cm³/mol. The Labute approximate surface area is 88.1 Å². The molecular weight excluding hydrogens is 190 g/mol. The van der Waals surface area contributed by atoms with E-state index in [1.165, 1.54) is 0 Å². The van der Waals surface area contributed by atoms with Crippen molar-refractivity contribution >= 4 is 17.2 Å². The molecule has 3 nitrogen and oxygen atoms in total. The van der Waals surface area contributed by atoms with Crippen molar-refractivity contribution < 1.29 is 9.53 Å². The summed E-state index contributed by atoms with van der Waals surface area (Å²) < 4.78 is 5.65. The molecule has 0 aliphatic heterocycles. The predicted octanol–water partition coefficient (Wildman–Crippen LogP) is 2.77. The molecule has 1 heterocycles. The fourth-order valence-corrected chi connectivity index (χ4v) is 1.62. The molecule has 0 atom stereocenters. The molecule has 0 spiro atoms. The number of hydrogen-bond acceptors (Lipinski definition) is 2. The molecule has 1 aromatic heterocycles. The zero-order valence-corrected chi connectivity index (χ0v) is 8.78. The highest BCUT2D eigenvalue weighted by Gasteiger charge is 2.09. The normalized spacial score (nSPS) is 10.9. The Balaban J connectivity index is 2.61. The Morgan fingerprint density at radius 1 is 1.40 bits per heavy atom. The van der Waals surface area contributed by atoms with Crippen LogP contribution in [0.2, 0.25) is 0 Å². The van der Waals surface area contributed by atoms with Gasteiger partial charge in [0.1, 0.15) is 5.75 Å². The second-order valence-electron chi connectivity index (χ2n) is 3.71. The number of aldehydes is 1. The van der Waals surface area contributed by atoms with Gasteiger partial charge in [0.15, 0.2) is 6.29 Å². The Kier molecular flexibility index (Phi) is 2.46. The van der Waals surface area contributed by atoms with Gasteiger partial charge in [-0.15, -0.1) is 0 Å². The van der Waals surface area contributed by atoms with Gasteiger partial charge in [-0.05, 0) is 26.0 Å². The van der Waals surface area contributed by atoms with Gasteiger partial charge < -0.3 is 9.72 Å². The maximum Gasteiger partial charge on any atom is 0.152 e. The molecule has 2 aromatic rings. The number of ether oxygens (including phenoxy) is 1. The second kappa shape index (κ2) is 3.77. The molecular formula is C12H13NO2. The first kappa shape index (κ1) is 9.77. The van der Waals surface area contributed by atoms with E-state index in [4.69, 9.17) is 4.74 Å². The van der Waals surface area contributed by atoms with Gasteiger partial charge >= 0.3 is 0 Å². The number of fused-ring (bicyclic) bond motifs is 1. The first-order chi connectivity index (χ1) is 7.22. The van der Waals surface area contributed by atoms with Crippen molar-refractivity contribution in [2.75, 3.05) is 0 Å². The molecule has 0 amide bonds. The molecule has 3 heteroatoms. The van der Waals surface area contributed by atoms with E-state index in [-0.39, 0.29) is 6.10 Å². The highest BCUT2D eigenvalue weighted by atomic mass is 16.5. The summed E-state index contributed by atoms with van der Waals surface area (Å²) in [7, 11) is 0. The minimum absolute atomic E-state index is 0.102. The Morgan fingerprint density at radius 2 is 2.20 bits per heavy atom. The van der Waals surface area contributed by atoms with Gasteiger partial charge in [0.05, 0.1) is 11.5 Å². The van der Waals surface area contributed by atoms with E-state index in [1.54, 1.807) is 6.20 Å². The van der Waals surface area contributed by atoms with Gasteiger partial charge in [-0.25, -0.2) is 0 Å². The van der Waals surface area contributed by atoms with Crippen molar-refractivity contribution in [1.29, 1.82) is 0 Å². The highest BCUT2D eigenvalue weighted by molar-refractivity contribution is 6.00. The number of benzene rings is 1. The SMILES string of the molecule is CC(C)Oc1cccc2[nH]cc(C=O)c12. The summed E-state index contributed by atoms with van der Waals surface area (Å²) in [5, 5.41) is 0.862. The number of aromatic nitrogens is 1. The maximum atomic E-state index is 10.8. The molecule has 0 saturated heterocycles. The lowest BCUT2D eigenvalue weighted by Gasteiger charge is -2.10. The first-order valence-corrected chi connectivity index (χ1v) is 4.94. The molecule has 0 bridgehead atoms. The Hall–Kier alpha value is -1.77. The van der Waals surface area contributed by atoms with Crippen LogP contribution < -0.4 is 4.74 Å². The minimum atomic E-state index is 0.102. The third-order valence-corrected chi connectivity index (χ3v) is 2.19. The number of carbonyl (C=O) groups is 1. The molecule has 2 rings (SSSR count). The monoisotopic (exact) mass is 203 g/mol. The first-order valence-electron chi connectivity index (χ1n) is 4.94. The topological polar surface area (TPSA) is 42.1 Å². The van der Waals surface area contributed by atoms with Crippen molar-refractivity contribution in [2.24, 2.45) is 0 Å². The molecule has 1 aromatic carbocycles. The van der Waals surface area contributed by atoms with Gasteiger partial charge in [-0.1, -0.05) is 6.07 Å². The lowest BCUT2D eigenvalue weighted by Crippen LogP contribution is -2.05. The summed E-state index contributed by atoms with van der Waals surface area (Å²) in [5.74, 6) is 0.755. The molecule has 0 saturated carbocycles. The van der Waals surface area contributed by atoms with Crippen molar-refractivity contribution in [3.8, 4) is 5.75 Å². The number of hydrogen-bond donors (Lipinski definition) is 1. The van der Waals surface area contributed by atoms with E-state index in [2.05, 4.69) is 4.98 Å². The lowest BCUT2D eigenvalue weighted by molar-refractivity contribution is 0.112. The van der Waals surface area contributed by atoms with Gasteiger partial charge in [-0.2, -0.15) is 0 Å². The fourth-order valence-electron chi connectivity index (χ4n) is 1.62. The Bertz CT molecular complexity index is 485. The summed E-state index contributed by atoms with van der Waals surface area (Å²) >= 11 is 0. The van der Waals surface area contributed by atoms with E-state index >= 15 is 0 Å². The van der Waals surface area contributed by atoms with Crippen LogP contribution in [-0.2, 0) is 0 Å². The van der Waals surface area contributed by atoms with Crippen molar-refractivity contribution in [2.45, 2.75) is 20.0 Å². The van der Waals surface area contributed by atoms with Crippen LogP contribution in [0.5, 0.6) is 5.75 Å². The Morgan fingerprint density at radius 3 is 2.87 bits per heavy atom. The number of aromatic amines is 1. The van der Waals surface area contributed by atoms with Crippen LogP contribution in [-0.4, -0.2) is 17.4 Å². The zero-order chi connectivity index (χ0) is 10.8.